The molecule has 1 aromatic heterocycles. The minimum absolute atomic E-state index is 0.505. The molecule has 3 heteroatoms. The van der Waals surface area contributed by atoms with Gasteiger partial charge in [-0.2, -0.15) is 5.10 Å². The Morgan fingerprint density at radius 3 is 2.25 bits per heavy atom. The zero-order chi connectivity index (χ0) is 14.9. The van der Waals surface area contributed by atoms with Gasteiger partial charge in [0.05, 0.1) is 17.1 Å². The van der Waals surface area contributed by atoms with Gasteiger partial charge in [-0.25, -0.2) is 0 Å². The Morgan fingerprint density at radius 1 is 1.20 bits per heavy atom. The maximum absolute atomic E-state index is 4.50. The predicted molar refractivity (Wildman–Crippen MR) is 86.1 cm³/mol. The summed E-state index contributed by atoms with van der Waals surface area (Å²) >= 11 is 0. The number of hydrogen-bond donors (Lipinski definition) is 1. The lowest BCUT2D eigenvalue weighted by atomic mass is 9.69. The van der Waals surface area contributed by atoms with E-state index in [1.165, 1.54) is 43.5 Å². The lowest BCUT2D eigenvalue weighted by Crippen LogP contribution is -2.32. The number of aromatic nitrogens is 2. The van der Waals surface area contributed by atoms with Gasteiger partial charge in [0.15, 0.2) is 0 Å². The summed E-state index contributed by atoms with van der Waals surface area (Å²) in [6.07, 6.45) is 6.59. The maximum Gasteiger partial charge on any atom is 0.0827 e. The number of hydrogen-bond acceptors (Lipinski definition) is 2. The van der Waals surface area contributed by atoms with Gasteiger partial charge in [-0.05, 0) is 50.9 Å². The Labute approximate surface area is 124 Å². The van der Waals surface area contributed by atoms with E-state index in [1.54, 1.807) is 0 Å². The summed E-state index contributed by atoms with van der Waals surface area (Å²) in [6, 6.07) is 0.625. The normalized spacial score (nSPS) is 23.9. The van der Waals surface area contributed by atoms with Crippen LogP contribution in [-0.2, 0) is 7.05 Å². The number of rotatable bonds is 4. The molecule has 0 unspecified atom stereocenters. The molecule has 1 N–H and O–H groups in total. The number of nitrogens with one attached hydrogen (secondary N) is 1. The first-order chi connectivity index (χ1) is 9.35. The highest BCUT2D eigenvalue weighted by atomic mass is 15.3. The maximum atomic E-state index is 4.50. The van der Waals surface area contributed by atoms with Crippen molar-refractivity contribution in [2.45, 2.75) is 72.8 Å². The average molecular weight is 277 g/mol. The van der Waals surface area contributed by atoms with Crippen molar-refractivity contribution in [1.29, 1.82) is 0 Å². The van der Waals surface area contributed by atoms with Crippen molar-refractivity contribution >= 4 is 5.69 Å². The molecular weight excluding hydrogens is 246 g/mol. The van der Waals surface area contributed by atoms with E-state index in [0.717, 1.165) is 11.6 Å². The van der Waals surface area contributed by atoms with E-state index in [9.17, 15) is 0 Å². The second kappa shape index (κ2) is 5.79. The van der Waals surface area contributed by atoms with Gasteiger partial charge in [0, 0.05) is 13.1 Å². The largest absolute Gasteiger partial charge is 0.379 e. The van der Waals surface area contributed by atoms with Crippen molar-refractivity contribution in [2.75, 3.05) is 5.32 Å². The van der Waals surface area contributed by atoms with Crippen LogP contribution in [0.5, 0.6) is 0 Å². The summed E-state index contributed by atoms with van der Waals surface area (Å²) in [6.45, 7) is 11.4. The van der Waals surface area contributed by atoms with Gasteiger partial charge in [-0.3, -0.25) is 4.68 Å². The van der Waals surface area contributed by atoms with E-state index < -0.39 is 0 Å². The molecule has 3 nitrogen and oxygen atoms in total. The molecular formula is C17H31N3. The molecule has 114 valence electrons. The zero-order valence-corrected chi connectivity index (χ0v) is 14.1. The minimum Gasteiger partial charge on any atom is -0.379 e. The molecule has 0 bridgehead atoms. The van der Waals surface area contributed by atoms with Crippen molar-refractivity contribution in [1.82, 2.24) is 9.78 Å². The standard InChI is InChI=1S/C17H31N3/c1-7-17(4,5)14-8-10-15(11-9-14)18-16-12(2)19-20(6)13(16)3/h14-15,18H,7-11H2,1-6H3. The number of nitrogens with zero attached hydrogens (tertiary/aromatic N) is 2. The molecule has 0 atom stereocenters. The van der Waals surface area contributed by atoms with Crippen LogP contribution in [0.15, 0.2) is 0 Å². The van der Waals surface area contributed by atoms with Crippen LogP contribution in [0.1, 0.15) is 64.3 Å². The van der Waals surface area contributed by atoms with E-state index in [0.29, 0.717) is 11.5 Å². The Kier molecular flexibility index (Phi) is 4.46. The molecule has 1 heterocycles. The van der Waals surface area contributed by atoms with Crippen LogP contribution in [0.3, 0.4) is 0 Å². The topological polar surface area (TPSA) is 29.9 Å². The molecule has 1 aromatic rings. The average Bonchev–Trinajstić information content (AvgIpc) is 2.66. The van der Waals surface area contributed by atoms with E-state index in [4.69, 9.17) is 0 Å². The smallest absolute Gasteiger partial charge is 0.0827 e. The first kappa shape index (κ1) is 15.4. The minimum atomic E-state index is 0.505. The molecule has 1 aliphatic rings. The summed E-state index contributed by atoms with van der Waals surface area (Å²) in [5, 5.41) is 8.24. The summed E-state index contributed by atoms with van der Waals surface area (Å²) in [7, 11) is 2.02. The third kappa shape index (κ3) is 3.02. The van der Waals surface area contributed by atoms with Gasteiger partial charge in [0.2, 0.25) is 0 Å². The fraction of sp³-hybridized carbons (Fsp3) is 0.824. The molecule has 0 spiro atoms. The Morgan fingerprint density at radius 2 is 1.80 bits per heavy atom. The van der Waals surface area contributed by atoms with E-state index >= 15 is 0 Å². The fourth-order valence-corrected chi connectivity index (χ4v) is 3.49. The monoisotopic (exact) mass is 277 g/mol. The van der Waals surface area contributed by atoms with Crippen LogP contribution in [0, 0.1) is 25.2 Å². The van der Waals surface area contributed by atoms with E-state index in [-0.39, 0.29) is 0 Å². The quantitative estimate of drug-likeness (QED) is 0.881. The first-order valence-electron chi connectivity index (χ1n) is 8.12. The van der Waals surface area contributed by atoms with Gasteiger partial charge in [0.25, 0.3) is 0 Å². The van der Waals surface area contributed by atoms with Gasteiger partial charge in [0.1, 0.15) is 0 Å². The van der Waals surface area contributed by atoms with E-state index in [1.807, 2.05) is 11.7 Å². The van der Waals surface area contributed by atoms with Crippen LogP contribution in [0.2, 0.25) is 0 Å². The zero-order valence-electron chi connectivity index (χ0n) is 14.1. The molecule has 0 amide bonds. The molecule has 20 heavy (non-hydrogen) atoms. The summed E-state index contributed by atoms with van der Waals surface area (Å²) in [4.78, 5) is 0. The van der Waals surface area contributed by atoms with Crippen LogP contribution in [-0.4, -0.2) is 15.8 Å². The number of aryl methyl sites for hydroxylation is 2. The van der Waals surface area contributed by atoms with Gasteiger partial charge in [-0.15, -0.1) is 0 Å². The molecule has 1 saturated carbocycles. The lowest BCUT2D eigenvalue weighted by molar-refractivity contribution is 0.147. The van der Waals surface area contributed by atoms with Gasteiger partial charge in [-0.1, -0.05) is 27.2 Å². The molecule has 0 aliphatic heterocycles. The number of anilines is 1. The Balaban J connectivity index is 1.95. The highest BCUT2D eigenvalue weighted by Gasteiger charge is 2.32. The van der Waals surface area contributed by atoms with Crippen molar-refractivity contribution in [3.63, 3.8) is 0 Å². The highest BCUT2D eigenvalue weighted by molar-refractivity contribution is 5.52. The van der Waals surface area contributed by atoms with Crippen molar-refractivity contribution in [2.24, 2.45) is 18.4 Å². The van der Waals surface area contributed by atoms with E-state index in [2.05, 4.69) is 45.0 Å². The van der Waals surface area contributed by atoms with Crippen LogP contribution >= 0.6 is 0 Å². The highest BCUT2D eigenvalue weighted by Crippen LogP contribution is 2.41. The lowest BCUT2D eigenvalue weighted by Gasteiger charge is -2.39. The third-order valence-corrected chi connectivity index (χ3v) is 5.60. The summed E-state index contributed by atoms with van der Waals surface area (Å²) < 4.78 is 1.98. The second-order valence-electron chi connectivity index (χ2n) is 7.20. The van der Waals surface area contributed by atoms with Crippen LogP contribution in [0.4, 0.5) is 5.69 Å². The van der Waals surface area contributed by atoms with Gasteiger partial charge < -0.3 is 5.32 Å². The molecule has 0 saturated heterocycles. The molecule has 0 aromatic carbocycles. The molecule has 2 rings (SSSR count). The third-order valence-electron chi connectivity index (χ3n) is 5.60. The Hall–Kier alpha value is -0.990. The second-order valence-corrected chi connectivity index (χ2v) is 7.20. The molecule has 1 aliphatic carbocycles. The fourth-order valence-electron chi connectivity index (χ4n) is 3.49. The van der Waals surface area contributed by atoms with Crippen molar-refractivity contribution in [3.05, 3.63) is 11.4 Å². The summed E-state index contributed by atoms with van der Waals surface area (Å²) in [5.41, 5.74) is 4.13. The van der Waals surface area contributed by atoms with Gasteiger partial charge >= 0.3 is 0 Å². The SMILES string of the molecule is CCC(C)(C)C1CCC(Nc2c(C)nn(C)c2C)CC1. The predicted octanol–water partition coefficient (Wildman–Crippen LogP) is 4.44. The molecule has 0 radical (unpaired) electrons. The summed E-state index contributed by atoms with van der Waals surface area (Å²) in [5.74, 6) is 0.890. The first-order valence-corrected chi connectivity index (χ1v) is 8.12. The van der Waals surface area contributed by atoms with Crippen LogP contribution in [0.25, 0.3) is 0 Å². The van der Waals surface area contributed by atoms with Crippen molar-refractivity contribution in [3.8, 4) is 0 Å². The van der Waals surface area contributed by atoms with Crippen LogP contribution < -0.4 is 5.32 Å². The Bertz CT molecular complexity index is 451. The molecule has 1 fully saturated rings. The van der Waals surface area contributed by atoms with Crippen molar-refractivity contribution < 1.29 is 0 Å².